The van der Waals surface area contributed by atoms with Gasteiger partial charge in [-0.2, -0.15) is 0 Å². The Morgan fingerprint density at radius 1 is 0.778 bits per heavy atom. The highest BCUT2D eigenvalue weighted by atomic mass is 16.5. The smallest absolute Gasteiger partial charge is 0.0587 e. The second-order valence-corrected chi connectivity index (χ2v) is 6.53. The minimum atomic E-state index is 0.522. The molecule has 0 rings (SSSR count). The molecule has 0 amide bonds. The van der Waals surface area contributed by atoms with Gasteiger partial charge in [-0.15, -0.1) is 0 Å². The summed E-state index contributed by atoms with van der Waals surface area (Å²) >= 11 is 0. The normalized spacial score (nSPS) is 12.0. The monoisotopic (exact) mass is 257 g/mol. The number of unbranched alkanes of at least 4 members (excludes halogenated alkanes) is 6. The third-order valence-electron chi connectivity index (χ3n) is 3.26. The van der Waals surface area contributed by atoms with Crippen molar-refractivity contribution in [3.8, 4) is 0 Å². The van der Waals surface area contributed by atoms with Crippen molar-refractivity contribution in [3.05, 3.63) is 0 Å². The van der Waals surface area contributed by atoms with Crippen molar-refractivity contribution in [1.29, 1.82) is 0 Å². The first kappa shape index (κ1) is 17.9. The fourth-order valence-electron chi connectivity index (χ4n) is 2.09. The van der Waals surface area contributed by atoms with E-state index in [1.807, 2.05) is 0 Å². The highest BCUT2D eigenvalue weighted by Gasteiger charge is 2.08. The Kier molecular flexibility index (Phi) is 11.9. The van der Waals surface area contributed by atoms with Crippen LogP contribution >= 0.6 is 0 Å². The summed E-state index contributed by atoms with van der Waals surface area (Å²) in [6.07, 6.45) is 11.1. The second-order valence-electron chi connectivity index (χ2n) is 6.53. The molecule has 0 aliphatic rings. The second kappa shape index (κ2) is 12.0. The maximum atomic E-state index is 4.99. The fourth-order valence-corrected chi connectivity index (χ4v) is 2.09. The van der Waals surface area contributed by atoms with Crippen LogP contribution in [-0.2, 0) is 4.74 Å². The van der Waals surface area contributed by atoms with Crippen molar-refractivity contribution in [2.75, 3.05) is 26.8 Å². The maximum Gasteiger partial charge on any atom is 0.0587 e. The van der Waals surface area contributed by atoms with E-state index >= 15 is 0 Å². The predicted molar refractivity (Wildman–Crippen MR) is 81.1 cm³/mol. The Hall–Kier alpha value is -0.0800. The van der Waals surface area contributed by atoms with E-state index in [4.69, 9.17) is 4.74 Å². The number of hydrogen-bond donors (Lipinski definition) is 1. The molecule has 0 aromatic heterocycles. The Bertz CT molecular complexity index is 163. The van der Waals surface area contributed by atoms with Gasteiger partial charge < -0.3 is 10.1 Å². The van der Waals surface area contributed by atoms with Crippen molar-refractivity contribution < 1.29 is 4.74 Å². The summed E-state index contributed by atoms with van der Waals surface area (Å²) in [4.78, 5) is 0. The van der Waals surface area contributed by atoms with E-state index in [1.54, 1.807) is 7.11 Å². The first-order valence-electron chi connectivity index (χ1n) is 7.76. The largest absolute Gasteiger partial charge is 0.383 e. The quantitative estimate of drug-likeness (QED) is 0.524. The summed E-state index contributed by atoms with van der Waals surface area (Å²) in [5.41, 5.74) is 0.522. The van der Waals surface area contributed by atoms with Gasteiger partial charge in [-0.1, -0.05) is 59.3 Å². The van der Waals surface area contributed by atoms with Gasteiger partial charge in [0.1, 0.15) is 0 Å². The zero-order valence-corrected chi connectivity index (χ0v) is 13.2. The number of methoxy groups -OCH3 is 1. The van der Waals surface area contributed by atoms with Gasteiger partial charge in [0.05, 0.1) is 6.61 Å². The Balaban J connectivity index is 2.99. The highest BCUT2D eigenvalue weighted by molar-refractivity contribution is 4.61. The van der Waals surface area contributed by atoms with Crippen molar-refractivity contribution in [2.45, 2.75) is 72.1 Å². The van der Waals surface area contributed by atoms with Crippen LogP contribution in [0.2, 0.25) is 0 Å². The van der Waals surface area contributed by atoms with Gasteiger partial charge in [-0.25, -0.2) is 0 Å². The fraction of sp³-hybridized carbons (Fsp3) is 1.00. The van der Waals surface area contributed by atoms with Crippen LogP contribution < -0.4 is 5.32 Å². The van der Waals surface area contributed by atoms with Crippen LogP contribution in [0.15, 0.2) is 0 Å². The van der Waals surface area contributed by atoms with Crippen molar-refractivity contribution in [1.82, 2.24) is 5.32 Å². The van der Waals surface area contributed by atoms with Gasteiger partial charge in [0.25, 0.3) is 0 Å². The lowest BCUT2D eigenvalue weighted by Gasteiger charge is -2.17. The van der Waals surface area contributed by atoms with Crippen LogP contribution in [-0.4, -0.2) is 26.8 Å². The average molecular weight is 257 g/mol. The molecule has 0 bridgehead atoms. The summed E-state index contributed by atoms with van der Waals surface area (Å²) in [7, 11) is 1.75. The van der Waals surface area contributed by atoms with Crippen LogP contribution in [0.25, 0.3) is 0 Å². The third-order valence-corrected chi connectivity index (χ3v) is 3.26. The van der Waals surface area contributed by atoms with Crippen LogP contribution in [0.5, 0.6) is 0 Å². The standard InChI is InChI=1S/C16H35NO/c1-16(2,3)12-10-8-6-5-7-9-11-13-17-14-15-18-4/h17H,5-15H2,1-4H3. The van der Waals surface area contributed by atoms with Crippen molar-refractivity contribution in [2.24, 2.45) is 5.41 Å². The molecule has 18 heavy (non-hydrogen) atoms. The lowest BCUT2D eigenvalue weighted by molar-refractivity contribution is 0.199. The van der Waals surface area contributed by atoms with Crippen LogP contribution in [0, 0.1) is 5.41 Å². The predicted octanol–water partition coefficient (Wildman–Crippen LogP) is 4.39. The molecule has 0 spiro atoms. The highest BCUT2D eigenvalue weighted by Crippen LogP contribution is 2.22. The molecule has 0 aliphatic heterocycles. The van der Waals surface area contributed by atoms with Crippen molar-refractivity contribution >= 4 is 0 Å². The molecule has 0 heterocycles. The number of nitrogens with one attached hydrogen (secondary N) is 1. The third kappa shape index (κ3) is 15.9. The molecule has 0 fully saturated rings. The zero-order chi connectivity index (χ0) is 13.7. The van der Waals surface area contributed by atoms with Gasteiger partial charge in [-0.05, 0) is 24.8 Å². The van der Waals surface area contributed by atoms with Gasteiger partial charge >= 0.3 is 0 Å². The minimum absolute atomic E-state index is 0.522. The van der Waals surface area contributed by atoms with E-state index in [9.17, 15) is 0 Å². The molecule has 0 aromatic carbocycles. The molecular weight excluding hydrogens is 222 g/mol. The summed E-state index contributed by atoms with van der Waals surface area (Å²) in [6.45, 7) is 9.97. The SMILES string of the molecule is COCCNCCCCCCCCCC(C)(C)C. The Morgan fingerprint density at radius 2 is 1.33 bits per heavy atom. The van der Waals surface area contributed by atoms with Gasteiger partial charge in [0, 0.05) is 13.7 Å². The molecule has 110 valence electrons. The summed E-state index contributed by atoms with van der Waals surface area (Å²) in [5.74, 6) is 0. The molecule has 0 aliphatic carbocycles. The van der Waals surface area contributed by atoms with E-state index in [1.165, 1.54) is 51.4 Å². The molecule has 0 saturated heterocycles. The zero-order valence-electron chi connectivity index (χ0n) is 13.2. The molecule has 0 radical (unpaired) electrons. The van der Waals surface area contributed by atoms with Gasteiger partial charge in [0.15, 0.2) is 0 Å². The lowest BCUT2D eigenvalue weighted by atomic mass is 9.89. The topological polar surface area (TPSA) is 21.3 Å². The van der Waals surface area contributed by atoms with Crippen LogP contribution in [0.4, 0.5) is 0 Å². The molecule has 1 N–H and O–H groups in total. The lowest BCUT2D eigenvalue weighted by Crippen LogP contribution is -2.20. The van der Waals surface area contributed by atoms with E-state index < -0.39 is 0 Å². The summed E-state index contributed by atoms with van der Waals surface area (Å²) in [6, 6.07) is 0. The molecule has 0 unspecified atom stereocenters. The molecule has 0 saturated carbocycles. The Labute approximate surface area is 115 Å². The van der Waals surface area contributed by atoms with Crippen LogP contribution in [0.3, 0.4) is 0 Å². The van der Waals surface area contributed by atoms with E-state index in [2.05, 4.69) is 26.1 Å². The molecule has 2 nitrogen and oxygen atoms in total. The minimum Gasteiger partial charge on any atom is -0.383 e. The van der Waals surface area contributed by atoms with Gasteiger partial charge in [0.2, 0.25) is 0 Å². The van der Waals surface area contributed by atoms with Crippen LogP contribution in [0.1, 0.15) is 72.1 Å². The molecule has 2 heteroatoms. The van der Waals surface area contributed by atoms with E-state index in [0.29, 0.717) is 5.41 Å². The molecule has 0 aromatic rings. The van der Waals surface area contributed by atoms with Gasteiger partial charge in [-0.3, -0.25) is 0 Å². The first-order valence-corrected chi connectivity index (χ1v) is 7.76. The van der Waals surface area contributed by atoms with Crippen molar-refractivity contribution in [3.63, 3.8) is 0 Å². The molecular formula is C16H35NO. The number of ether oxygens (including phenoxy) is 1. The summed E-state index contributed by atoms with van der Waals surface area (Å²) in [5, 5.41) is 3.39. The average Bonchev–Trinajstić information content (AvgIpc) is 2.29. The first-order chi connectivity index (χ1) is 8.56. The number of rotatable bonds is 12. The molecule has 0 atom stereocenters. The summed E-state index contributed by atoms with van der Waals surface area (Å²) < 4.78 is 4.99. The maximum absolute atomic E-state index is 4.99. The van der Waals surface area contributed by atoms with E-state index in [-0.39, 0.29) is 0 Å². The van der Waals surface area contributed by atoms with E-state index in [0.717, 1.165) is 19.7 Å². The Morgan fingerprint density at radius 3 is 1.89 bits per heavy atom. The number of hydrogen-bond acceptors (Lipinski definition) is 2.